The van der Waals surface area contributed by atoms with E-state index in [1.807, 2.05) is 60.7 Å². The zero-order valence-corrected chi connectivity index (χ0v) is 21.9. The smallest absolute Gasteiger partial charge is 0.193 e. The molecule has 0 spiro atoms. The highest BCUT2D eigenvalue weighted by atomic mass is 16.1. The van der Waals surface area contributed by atoms with Crippen LogP contribution in [0.1, 0.15) is 120 Å². The summed E-state index contributed by atoms with van der Waals surface area (Å²) in [5.74, 6) is 1.29. The summed E-state index contributed by atoms with van der Waals surface area (Å²) in [5, 5.41) is 0. The third-order valence-electron chi connectivity index (χ3n) is 6.68. The standard InChI is InChI=1S/C24H23NO.C10H14.4CH4/c1-3-18(2)21-10-12-23(13-11-21)24(26)22-8-6-19(7-9-22)4-5-20-14-16-25-17-15-20;1-3-9(2)10-7-5-4-6-8-10;;;;/h4-18H,3H2,1-2H3;4-9H,3H2,1-2H3;4*1H4. The Morgan fingerprint density at radius 2 is 1.00 bits per heavy atom. The predicted octanol–water partition coefficient (Wildman–Crippen LogP) is 11.7. The minimum atomic E-state index is 0. The Labute approximate surface area is 246 Å². The molecule has 40 heavy (non-hydrogen) atoms. The van der Waals surface area contributed by atoms with E-state index in [2.05, 4.69) is 75.1 Å². The number of hydrogen-bond donors (Lipinski definition) is 0. The molecule has 0 fully saturated rings. The van der Waals surface area contributed by atoms with Crippen molar-refractivity contribution < 1.29 is 4.79 Å². The van der Waals surface area contributed by atoms with Crippen LogP contribution >= 0.6 is 0 Å². The maximum atomic E-state index is 12.7. The lowest BCUT2D eigenvalue weighted by atomic mass is 9.95. The molecule has 0 aliphatic rings. The molecule has 2 nitrogen and oxygen atoms in total. The largest absolute Gasteiger partial charge is 0.289 e. The number of nitrogens with zero attached hydrogens (tertiary/aromatic N) is 1. The van der Waals surface area contributed by atoms with E-state index >= 15 is 0 Å². The highest BCUT2D eigenvalue weighted by molar-refractivity contribution is 6.09. The third-order valence-corrected chi connectivity index (χ3v) is 6.68. The van der Waals surface area contributed by atoms with Crippen molar-refractivity contribution in [3.05, 3.63) is 137 Å². The van der Waals surface area contributed by atoms with E-state index in [0.29, 0.717) is 17.4 Å². The average molecular weight is 540 g/mol. The van der Waals surface area contributed by atoms with Crippen LogP contribution in [-0.4, -0.2) is 10.8 Å². The van der Waals surface area contributed by atoms with Crippen molar-refractivity contribution >= 4 is 17.9 Å². The molecule has 4 rings (SSSR count). The SMILES string of the molecule is C.C.C.C.CCC(C)c1ccc(C(=O)c2ccc(C=Cc3ccncc3)cc2)cc1.CCC(C)c1ccccc1. The molecule has 4 aromatic rings. The Balaban J connectivity index is 0. The summed E-state index contributed by atoms with van der Waals surface area (Å²) >= 11 is 0. The van der Waals surface area contributed by atoms with Gasteiger partial charge in [0.1, 0.15) is 0 Å². The van der Waals surface area contributed by atoms with Crippen molar-refractivity contribution in [1.29, 1.82) is 0 Å². The van der Waals surface area contributed by atoms with E-state index in [0.717, 1.165) is 23.1 Å². The van der Waals surface area contributed by atoms with Gasteiger partial charge in [0, 0.05) is 23.5 Å². The van der Waals surface area contributed by atoms with Crippen molar-refractivity contribution in [2.45, 2.75) is 82.1 Å². The number of aromatic nitrogens is 1. The molecule has 0 aliphatic carbocycles. The summed E-state index contributed by atoms with van der Waals surface area (Å²) in [6.45, 7) is 8.86. The number of pyridine rings is 1. The van der Waals surface area contributed by atoms with Crippen LogP contribution in [0.3, 0.4) is 0 Å². The average Bonchev–Trinajstić information content (AvgIpc) is 2.96. The number of carbonyl (C=O) groups is 1. The quantitative estimate of drug-likeness (QED) is 0.208. The third kappa shape index (κ3) is 11.5. The maximum Gasteiger partial charge on any atom is 0.193 e. The zero-order chi connectivity index (χ0) is 25.8. The summed E-state index contributed by atoms with van der Waals surface area (Å²) in [7, 11) is 0. The molecule has 1 heterocycles. The van der Waals surface area contributed by atoms with Gasteiger partial charge < -0.3 is 0 Å². The van der Waals surface area contributed by atoms with Crippen molar-refractivity contribution in [1.82, 2.24) is 4.98 Å². The van der Waals surface area contributed by atoms with Crippen molar-refractivity contribution in [3.8, 4) is 0 Å². The molecule has 2 atom stereocenters. The van der Waals surface area contributed by atoms with E-state index in [-0.39, 0.29) is 35.5 Å². The molecule has 0 aliphatic heterocycles. The van der Waals surface area contributed by atoms with E-state index < -0.39 is 0 Å². The van der Waals surface area contributed by atoms with Crippen LogP contribution in [0.5, 0.6) is 0 Å². The molecule has 0 saturated heterocycles. The molecule has 1 aromatic heterocycles. The number of carbonyl (C=O) groups excluding carboxylic acids is 1. The Kier molecular flexibility index (Phi) is 19.3. The summed E-state index contributed by atoms with van der Waals surface area (Å²) in [5.41, 5.74) is 6.33. The Morgan fingerprint density at radius 1 is 0.600 bits per heavy atom. The number of hydrogen-bond acceptors (Lipinski definition) is 2. The molecular formula is C38H53NO. The first-order valence-electron chi connectivity index (χ1n) is 12.9. The Morgan fingerprint density at radius 3 is 1.45 bits per heavy atom. The van der Waals surface area contributed by atoms with Crippen molar-refractivity contribution in [2.24, 2.45) is 0 Å². The van der Waals surface area contributed by atoms with Crippen molar-refractivity contribution in [3.63, 3.8) is 0 Å². The summed E-state index contributed by atoms with van der Waals surface area (Å²) in [6, 6.07) is 30.2. The molecule has 0 amide bonds. The molecule has 0 saturated carbocycles. The number of ketones is 1. The van der Waals surface area contributed by atoms with E-state index in [1.165, 1.54) is 17.5 Å². The molecule has 2 heteroatoms. The minimum Gasteiger partial charge on any atom is -0.289 e. The van der Waals surface area contributed by atoms with Crippen LogP contribution in [0.4, 0.5) is 0 Å². The zero-order valence-electron chi connectivity index (χ0n) is 21.9. The van der Waals surface area contributed by atoms with E-state index in [4.69, 9.17) is 0 Å². The second kappa shape index (κ2) is 20.2. The van der Waals surface area contributed by atoms with Crippen LogP contribution in [0.25, 0.3) is 12.2 Å². The maximum absolute atomic E-state index is 12.7. The van der Waals surface area contributed by atoms with Gasteiger partial charge in [-0.05, 0) is 59.1 Å². The lowest BCUT2D eigenvalue weighted by Crippen LogP contribution is -2.02. The lowest BCUT2D eigenvalue weighted by molar-refractivity contribution is 0.103. The second-order valence-electron chi connectivity index (χ2n) is 9.22. The summed E-state index contributed by atoms with van der Waals surface area (Å²) in [6.07, 6.45) is 9.93. The fourth-order valence-electron chi connectivity index (χ4n) is 3.80. The Bertz CT molecular complexity index is 1210. The molecule has 2 unspecified atom stereocenters. The van der Waals surface area contributed by atoms with E-state index in [9.17, 15) is 4.79 Å². The highest BCUT2D eigenvalue weighted by Crippen LogP contribution is 2.20. The Hall–Kier alpha value is -3.78. The second-order valence-corrected chi connectivity index (χ2v) is 9.22. The van der Waals surface area contributed by atoms with Crippen LogP contribution in [0.15, 0.2) is 103 Å². The van der Waals surface area contributed by atoms with Gasteiger partial charge in [0.15, 0.2) is 5.78 Å². The van der Waals surface area contributed by atoms with Gasteiger partial charge in [0.05, 0.1) is 0 Å². The van der Waals surface area contributed by atoms with Gasteiger partial charge in [-0.25, -0.2) is 0 Å². The van der Waals surface area contributed by atoms with Gasteiger partial charge in [-0.1, -0.05) is 148 Å². The fraction of sp³-hybridized carbons (Fsp3) is 0.316. The summed E-state index contributed by atoms with van der Waals surface area (Å²) < 4.78 is 0. The van der Waals surface area contributed by atoms with Crippen LogP contribution < -0.4 is 0 Å². The molecule has 0 N–H and O–H groups in total. The molecular weight excluding hydrogens is 486 g/mol. The normalized spacial score (nSPS) is 11.2. The van der Waals surface area contributed by atoms with Crippen LogP contribution in [-0.2, 0) is 0 Å². The minimum absolute atomic E-state index is 0. The molecule has 0 bridgehead atoms. The van der Waals surface area contributed by atoms with Gasteiger partial charge in [0.25, 0.3) is 0 Å². The number of rotatable bonds is 8. The first kappa shape index (κ1) is 38.4. The van der Waals surface area contributed by atoms with E-state index in [1.54, 1.807) is 12.4 Å². The first-order valence-corrected chi connectivity index (χ1v) is 12.9. The molecule has 0 radical (unpaired) electrons. The highest BCUT2D eigenvalue weighted by Gasteiger charge is 2.10. The van der Waals surface area contributed by atoms with Gasteiger partial charge in [-0.2, -0.15) is 0 Å². The lowest BCUT2D eigenvalue weighted by Gasteiger charge is -2.09. The van der Waals surface area contributed by atoms with Gasteiger partial charge in [0.2, 0.25) is 0 Å². The van der Waals surface area contributed by atoms with Gasteiger partial charge in [-0.15, -0.1) is 0 Å². The van der Waals surface area contributed by atoms with Crippen LogP contribution in [0.2, 0.25) is 0 Å². The summed E-state index contributed by atoms with van der Waals surface area (Å²) in [4.78, 5) is 16.7. The fourth-order valence-corrected chi connectivity index (χ4v) is 3.80. The first-order chi connectivity index (χ1) is 17.5. The molecule has 3 aromatic carbocycles. The molecule has 216 valence electrons. The predicted molar refractivity (Wildman–Crippen MR) is 180 cm³/mol. The number of benzene rings is 3. The van der Waals surface area contributed by atoms with Crippen molar-refractivity contribution in [2.75, 3.05) is 0 Å². The van der Waals surface area contributed by atoms with Crippen LogP contribution in [0, 0.1) is 0 Å². The van der Waals surface area contributed by atoms with Gasteiger partial charge in [-0.3, -0.25) is 9.78 Å². The topological polar surface area (TPSA) is 30.0 Å². The van der Waals surface area contributed by atoms with Gasteiger partial charge >= 0.3 is 0 Å². The monoisotopic (exact) mass is 539 g/mol.